The maximum atomic E-state index is 3.89. The smallest absolute Gasteiger partial charge is 0.0113 e. The van der Waals surface area contributed by atoms with E-state index in [1.807, 2.05) is 0 Å². The maximum Gasteiger partial charge on any atom is 0.0113 e. The summed E-state index contributed by atoms with van der Waals surface area (Å²) in [5.74, 6) is 4.66. The van der Waals surface area contributed by atoms with Crippen LogP contribution in [-0.2, 0) is 0 Å². The van der Waals surface area contributed by atoms with E-state index in [1.165, 1.54) is 38.8 Å². The van der Waals surface area contributed by atoms with Gasteiger partial charge >= 0.3 is 0 Å². The Morgan fingerprint density at radius 1 is 0.625 bits per heavy atom. The van der Waals surface area contributed by atoms with Crippen molar-refractivity contribution >= 4 is 0 Å². The SMILES string of the molecule is CC(C)C(NCC1CCCC(CNC(C(C)C)C(C)C)C1)C(C)C. The molecule has 0 bridgehead atoms. The molecule has 0 aliphatic heterocycles. The van der Waals surface area contributed by atoms with Gasteiger partial charge in [0.15, 0.2) is 0 Å². The quantitative estimate of drug-likeness (QED) is 0.562. The van der Waals surface area contributed by atoms with Crippen LogP contribution < -0.4 is 10.6 Å². The van der Waals surface area contributed by atoms with Crippen molar-refractivity contribution in [1.82, 2.24) is 10.6 Å². The molecule has 0 heterocycles. The van der Waals surface area contributed by atoms with E-state index in [1.54, 1.807) is 0 Å². The van der Waals surface area contributed by atoms with Crippen molar-refractivity contribution in [1.29, 1.82) is 0 Å². The van der Waals surface area contributed by atoms with E-state index in [4.69, 9.17) is 0 Å². The van der Waals surface area contributed by atoms with Gasteiger partial charge in [-0.1, -0.05) is 61.8 Å². The third kappa shape index (κ3) is 7.44. The van der Waals surface area contributed by atoms with Crippen molar-refractivity contribution in [2.75, 3.05) is 13.1 Å². The summed E-state index contributed by atoms with van der Waals surface area (Å²) < 4.78 is 0. The van der Waals surface area contributed by atoms with Gasteiger partial charge in [-0.2, -0.15) is 0 Å². The topological polar surface area (TPSA) is 24.1 Å². The fourth-order valence-corrected chi connectivity index (χ4v) is 4.86. The molecule has 24 heavy (non-hydrogen) atoms. The average Bonchev–Trinajstić information content (AvgIpc) is 2.46. The third-order valence-electron chi connectivity index (χ3n) is 6.05. The molecule has 0 aromatic heterocycles. The van der Waals surface area contributed by atoms with E-state index in [2.05, 4.69) is 66.0 Å². The highest BCUT2D eigenvalue weighted by Crippen LogP contribution is 2.29. The lowest BCUT2D eigenvalue weighted by molar-refractivity contribution is 0.211. The van der Waals surface area contributed by atoms with Crippen LogP contribution in [0.3, 0.4) is 0 Å². The Labute approximate surface area is 152 Å². The molecule has 0 amide bonds. The lowest BCUT2D eigenvalue weighted by Crippen LogP contribution is -2.43. The van der Waals surface area contributed by atoms with E-state index >= 15 is 0 Å². The summed E-state index contributed by atoms with van der Waals surface area (Å²) in [7, 11) is 0. The molecule has 0 radical (unpaired) electrons. The first-order chi connectivity index (χ1) is 11.2. The van der Waals surface area contributed by atoms with E-state index < -0.39 is 0 Å². The van der Waals surface area contributed by atoms with Crippen molar-refractivity contribution < 1.29 is 0 Å². The van der Waals surface area contributed by atoms with Gasteiger partial charge in [-0.05, 0) is 67.9 Å². The zero-order chi connectivity index (χ0) is 18.3. The predicted molar refractivity (Wildman–Crippen MR) is 108 cm³/mol. The van der Waals surface area contributed by atoms with Gasteiger partial charge in [0.25, 0.3) is 0 Å². The molecule has 0 aromatic carbocycles. The van der Waals surface area contributed by atoms with Crippen molar-refractivity contribution in [3.05, 3.63) is 0 Å². The molecule has 2 nitrogen and oxygen atoms in total. The molecule has 144 valence electrons. The van der Waals surface area contributed by atoms with Gasteiger partial charge in [0.05, 0.1) is 0 Å². The minimum absolute atomic E-state index is 0.662. The lowest BCUT2D eigenvalue weighted by atomic mass is 9.80. The highest BCUT2D eigenvalue weighted by Gasteiger charge is 2.25. The lowest BCUT2D eigenvalue weighted by Gasteiger charge is -2.34. The summed E-state index contributed by atoms with van der Waals surface area (Å²) in [6.07, 6.45) is 5.67. The van der Waals surface area contributed by atoms with E-state index in [9.17, 15) is 0 Å². The highest BCUT2D eigenvalue weighted by atomic mass is 14.9. The summed E-state index contributed by atoms with van der Waals surface area (Å²) in [5, 5.41) is 7.78. The van der Waals surface area contributed by atoms with Crippen LogP contribution in [0.1, 0.15) is 81.1 Å². The monoisotopic (exact) mass is 338 g/mol. The highest BCUT2D eigenvalue weighted by molar-refractivity contribution is 4.82. The van der Waals surface area contributed by atoms with Gasteiger partial charge in [-0.15, -0.1) is 0 Å². The first-order valence-electron chi connectivity index (χ1n) is 10.7. The Balaban J connectivity index is 2.41. The fraction of sp³-hybridized carbons (Fsp3) is 1.00. The second-order valence-corrected chi connectivity index (χ2v) is 9.74. The summed E-state index contributed by atoms with van der Waals surface area (Å²) in [6, 6.07) is 1.32. The van der Waals surface area contributed by atoms with Crippen LogP contribution in [-0.4, -0.2) is 25.2 Å². The van der Waals surface area contributed by atoms with Crippen LogP contribution in [0, 0.1) is 35.5 Å². The van der Waals surface area contributed by atoms with Gasteiger partial charge in [-0.25, -0.2) is 0 Å². The van der Waals surface area contributed by atoms with E-state index in [0.717, 1.165) is 35.5 Å². The Kier molecular flexibility index (Phi) is 9.89. The van der Waals surface area contributed by atoms with Crippen LogP contribution in [0.4, 0.5) is 0 Å². The van der Waals surface area contributed by atoms with Crippen LogP contribution in [0.2, 0.25) is 0 Å². The van der Waals surface area contributed by atoms with Crippen molar-refractivity contribution in [3.8, 4) is 0 Å². The summed E-state index contributed by atoms with van der Waals surface area (Å²) in [6.45, 7) is 21.2. The Bertz CT molecular complexity index is 276. The second-order valence-electron chi connectivity index (χ2n) is 9.74. The molecule has 0 spiro atoms. The molecule has 1 aliphatic rings. The standard InChI is InChI=1S/C22H46N2/c1-15(2)21(16(3)4)23-13-19-10-9-11-20(12-19)14-24-22(17(5)6)18(7)8/h15-24H,9-14H2,1-8H3. The Morgan fingerprint density at radius 3 is 1.25 bits per heavy atom. The van der Waals surface area contributed by atoms with Crippen molar-refractivity contribution in [2.45, 2.75) is 93.2 Å². The molecule has 1 aliphatic carbocycles. The van der Waals surface area contributed by atoms with Crippen LogP contribution >= 0.6 is 0 Å². The van der Waals surface area contributed by atoms with Gasteiger partial charge in [-0.3, -0.25) is 0 Å². The predicted octanol–water partition coefficient (Wildman–Crippen LogP) is 5.33. The largest absolute Gasteiger partial charge is 0.313 e. The van der Waals surface area contributed by atoms with Crippen LogP contribution in [0.15, 0.2) is 0 Å². The molecule has 2 atom stereocenters. The number of hydrogen-bond donors (Lipinski definition) is 2. The molecule has 0 saturated heterocycles. The zero-order valence-electron chi connectivity index (χ0n) is 17.9. The molecule has 1 saturated carbocycles. The van der Waals surface area contributed by atoms with Crippen molar-refractivity contribution in [2.24, 2.45) is 35.5 Å². The zero-order valence-corrected chi connectivity index (χ0v) is 17.9. The van der Waals surface area contributed by atoms with Gasteiger partial charge in [0, 0.05) is 12.1 Å². The normalized spacial score (nSPS) is 22.8. The van der Waals surface area contributed by atoms with Gasteiger partial charge < -0.3 is 10.6 Å². The average molecular weight is 339 g/mol. The van der Waals surface area contributed by atoms with E-state index in [-0.39, 0.29) is 0 Å². The maximum absolute atomic E-state index is 3.89. The fourth-order valence-electron chi connectivity index (χ4n) is 4.86. The Morgan fingerprint density at radius 2 is 0.958 bits per heavy atom. The summed E-state index contributed by atoms with van der Waals surface area (Å²) in [5.41, 5.74) is 0. The van der Waals surface area contributed by atoms with Gasteiger partial charge in [0.2, 0.25) is 0 Å². The molecular formula is C22H46N2. The molecule has 0 aromatic rings. The number of rotatable bonds is 10. The minimum atomic E-state index is 0.662. The molecule has 2 N–H and O–H groups in total. The van der Waals surface area contributed by atoms with Gasteiger partial charge in [0.1, 0.15) is 0 Å². The van der Waals surface area contributed by atoms with E-state index in [0.29, 0.717) is 12.1 Å². The Hall–Kier alpha value is -0.0800. The first kappa shape index (κ1) is 22.0. The molecule has 2 unspecified atom stereocenters. The molecule has 2 heteroatoms. The molecular weight excluding hydrogens is 292 g/mol. The number of hydrogen-bond acceptors (Lipinski definition) is 2. The van der Waals surface area contributed by atoms with Crippen LogP contribution in [0.5, 0.6) is 0 Å². The second kappa shape index (κ2) is 10.8. The minimum Gasteiger partial charge on any atom is -0.313 e. The molecule has 1 rings (SSSR count). The molecule has 1 fully saturated rings. The van der Waals surface area contributed by atoms with Crippen LogP contribution in [0.25, 0.3) is 0 Å². The number of nitrogens with one attached hydrogen (secondary N) is 2. The summed E-state index contributed by atoms with van der Waals surface area (Å²) >= 11 is 0. The van der Waals surface area contributed by atoms with Crippen molar-refractivity contribution in [3.63, 3.8) is 0 Å². The first-order valence-corrected chi connectivity index (χ1v) is 10.7. The third-order valence-corrected chi connectivity index (χ3v) is 6.05. The summed E-state index contributed by atoms with van der Waals surface area (Å²) in [4.78, 5) is 0.